The molecule has 2 heterocycles. The molecule has 1 amide bonds. The fourth-order valence-corrected chi connectivity index (χ4v) is 5.09. The predicted octanol–water partition coefficient (Wildman–Crippen LogP) is 4.46. The van der Waals surface area contributed by atoms with E-state index in [0.29, 0.717) is 18.2 Å². The Balaban J connectivity index is 1.56. The first-order valence-electron chi connectivity index (χ1n) is 13.9. The summed E-state index contributed by atoms with van der Waals surface area (Å²) in [7, 11) is 1.67. The summed E-state index contributed by atoms with van der Waals surface area (Å²) in [4.78, 5) is 36.9. The van der Waals surface area contributed by atoms with Gasteiger partial charge in [-0.2, -0.15) is 9.97 Å². The van der Waals surface area contributed by atoms with Gasteiger partial charge in [-0.1, -0.05) is 56.7 Å². The SMILES string of the molecule is CCCCOc1nc(N)c(NC)c(N(Cc2ccc(C3=CC(CN4CCCC4)=CCC3C)cc2)C(=O)C=O)n1. The van der Waals surface area contributed by atoms with Gasteiger partial charge in [-0.3, -0.25) is 19.4 Å². The monoisotopic (exact) mass is 532 g/mol. The molecule has 4 rings (SSSR count). The molecule has 1 atom stereocenters. The average molecular weight is 533 g/mol. The summed E-state index contributed by atoms with van der Waals surface area (Å²) in [6, 6.07) is 8.24. The number of ether oxygens (including phenoxy) is 1. The van der Waals surface area contributed by atoms with Crippen LogP contribution in [0.3, 0.4) is 0 Å². The van der Waals surface area contributed by atoms with Crippen LogP contribution in [0.25, 0.3) is 5.57 Å². The molecule has 0 radical (unpaired) electrons. The Labute approximate surface area is 231 Å². The number of nitrogens with two attached hydrogens (primary N) is 1. The first kappa shape index (κ1) is 28.3. The van der Waals surface area contributed by atoms with E-state index in [1.54, 1.807) is 7.05 Å². The van der Waals surface area contributed by atoms with Crippen LogP contribution < -0.4 is 20.7 Å². The lowest BCUT2D eigenvalue weighted by molar-refractivity contribution is -0.129. The highest BCUT2D eigenvalue weighted by Crippen LogP contribution is 2.34. The number of allylic oxidation sites excluding steroid dienone is 2. The van der Waals surface area contributed by atoms with Crippen LogP contribution in [0.4, 0.5) is 17.3 Å². The highest BCUT2D eigenvalue weighted by molar-refractivity contribution is 6.30. The minimum absolute atomic E-state index is 0.0741. The topological polar surface area (TPSA) is 114 Å². The molecule has 39 heavy (non-hydrogen) atoms. The first-order chi connectivity index (χ1) is 18.9. The maximum atomic E-state index is 12.8. The standard InChI is InChI=1S/C30H40N6O3/c1-4-5-16-39-30-33-28(31)27(32-3)29(34-30)36(26(38)20-37)19-22-10-12-24(13-11-22)25-17-23(9-8-21(25)2)18-35-14-6-7-15-35/h9-13,17,20-21,32H,4-8,14-16,18-19H2,1-3H3,(H2,31,33,34). The number of carbonyl (C=O) groups excluding carboxylic acids is 2. The predicted molar refractivity (Wildman–Crippen MR) is 156 cm³/mol. The molecule has 1 aliphatic heterocycles. The van der Waals surface area contributed by atoms with Gasteiger partial charge in [-0.05, 0) is 67.0 Å². The average Bonchev–Trinajstić information content (AvgIpc) is 3.46. The molecule has 208 valence electrons. The van der Waals surface area contributed by atoms with Crippen molar-refractivity contribution in [2.75, 3.05) is 49.2 Å². The quantitative estimate of drug-likeness (QED) is 0.234. The van der Waals surface area contributed by atoms with E-state index in [1.807, 2.05) is 12.1 Å². The molecule has 2 aliphatic rings. The summed E-state index contributed by atoms with van der Waals surface area (Å²) in [5.74, 6) is 0.0511. The Morgan fingerprint density at radius 1 is 1.23 bits per heavy atom. The van der Waals surface area contributed by atoms with Gasteiger partial charge in [0.15, 0.2) is 11.6 Å². The molecule has 1 aromatic carbocycles. The zero-order valence-electron chi connectivity index (χ0n) is 23.3. The van der Waals surface area contributed by atoms with Crippen LogP contribution in [0.2, 0.25) is 0 Å². The van der Waals surface area contributed by atoms with E-state index in [2.05, 4.69) is 58.3 Å². The number of benzene rings is 1. The van der Waals surface area contributed by atoms with Gasteiger partial charge in [-0.15, -0.1) is 0 Å². The summed E-state index contributed by atoms with van der Waals surface area (Å²) in [6.45, 7) is 8.26. The number of rotatable bonds is 12. The molecule has 0 bridgehead atoms. The number of carbonyl (C=O) groups is 2. The van der Waals surface area contributed by atoms with Gasteiger partial charge in [0.05, 0.1) is 13.2 Å². The second kappa shape index (κ2) is 13.4. The Kier molecular flexibility index (Phi) is 9.70. The van der Waals surface area contributed by atoms with Crippen molar-refractivity contribution in [2.24, 2.45) is 5.92 Å². The van der Waals surface area contributed by atoms with Crippen molar-refractivity contribution in [3.8, 4) is 6.01 Å². The molecule has 2 aromatic rings. The minimum atomic E-state index is -0.728. The molecule has 3 N–H and O–H groups in total. The van der Waals surface area contributed by atoms with Crippen molar-refractivity contribution in [1.29, 1.82) is 0 Å². The number of anilines is 3. The number of aldehydes is 1. The summed E-state index contributed by atoms with van der Waals surface area (Å²) in [6.07, 6.45) is 10.4. The lowest BCUT2D eigenvalue weighted by Gasteiger charge is -2.25. The number of unbranched alkanes of at least 4 members (excludes halogenated alkanes) is 1. The van der Waals surface area contributed by atoms with E-state index in [-0.39, 0.29) is 30.5 Å². The van der Waals surface area contributed by atoms with Gasteiger partial charge in [0.2, 0.25) is 6.29 Å². The van der Waals surface area contributed by atoms with Gasteiger partial charge in [0.25, 0.3) is 5.91 Å². The number of nitrogens with one attached hydrogen (secondary N) is 1. The molecule has 9 nitrogen and oxygen atoms in total. The lowest BCUT2D eigenvalue weighted by atomic mass is 9.85. The maximum Gasteiger partial charge on any atom is 0.320 e. The van der Waals surface area contributed by atoms with Crippen LogP contribution in [-0.2, 0) is 16.1 Å². The van der Waals surface area contributed by atoms with Crippen LogP contribution >= 0.6 is 0 Å². The number of aromatic nitrogens is 2. The largest absolute Gasteiger partial charge is 0.463 e. The summed E-state index contributed by atoms with van der Waals surface area (Å²) in [5.41, 5.74) is 11.3. The van der Waals surface area contributed by atoms with Gasteiger partial charge >= 0.3 is 6.01 Å². The molecule has 1 aliphatic carbocycles. The number of nitrogen functional groups attached to an aromatic ring is 1. The van der Waals surface area contributed by atoms with Gasteiger partial charge < -0.3 is 15.8 Å². The van der Waals surface area contributed by atoms with Crippen LogP contribution in [0.15, 0.2) is 42.0 Å². The molecule has 1 fully saturated rings. The van der Waals surface area contributed by atoms with Crippen molar-refractivity contribution in [3.63, 3.8) is 0 Å². The molecule has 0 spiro atoms. The third kappa shape index (κ3) is 7.03. The molecular weight excluding hydrogens is 492 g/mol. The third-order valence-electron chi connectivity index (χ3n) is 7.34. The van der Waals surface area contributed by atoms with Gasteiger partial charge in [0.1, 0.15) is 5.69 Å². The van der Waals surface area contributed by atoms with E-state index in [9.17, 15) is 9.59 Å². The highest BCUT2D eigenvalue weighted by atomic mass is 16.5. The van der Waals surface area contributed by atoms with E-state index in [0.717, 1.165) is 31.4 Å². The van der Waals surface area contributed by atoms with Gasteiger partial charge in [0, 0.05) is 13.6 Å². The molecule has 1 aromatic heterocycles. The fourth-order valence-electron chi connectivity index (χ4n) is 5.09. The zero-order chi connectivity index (χ0) is 27.8. The second-order valence-corrected chi connectivity index (χ2v) is 10.3. The molecular formula is C30H40N6O3. The van der Waals surface area contributed by atoms with Crippen LogP contribution in [0.1, 0.15) is 57.1 Å². The van der Waals surface area contributed by atoms with Crippen molar-refractivity contribution in [2.45, 2.75) is 52.5 Å². The Bertz CT molecular complexity index is 1220. The molecule has 1 unspecified atom stereocenters. The van der Waals surface area contributed by atoms with Gasteiger partial charge in [-0.25, -0.2) is 0 Å². The van der Waals surface area contributed by atoms with Crippen LogP contribution in [0.5, 0.6) is 6.01 Å². The molecule has 0 saturated carbocycles. The van der Waals surface area contributed by atoms with Crippen molar-refractivity contribution >= 4 is 35.1 Å². The fraction of sp³-hybridized carbons (Fsp3) is 0.467. The lowest BCUT2D eigenvalue weighted by Crippen LogP contribution is -2.33. The van der Waals surface area contributed by atoms with E-state index in [1.165, 1.54) is 47.5 Å². The van der Waals surface area contributed by atoms with Crippen LogP contribution in [-0.4, -0.2) is 60.4 Å². The minimum Gasteiger partial charge on any atom is -0.463 e. The van der Waals surface area contributed by atoms with Crippen molar-refractivity contribution in [1.82, 2.24) is 14.9 Å². The number of hydrogen-bond donors (Lipinski definition) is 2. The second-order valence-electron chi connectivity index (χ2n) is 10.3. The molecule has 1 saturated heterocycles. The Morgan fingerprint density at radius 3 is 2.64 bits per heavy atom. The van der Waals surface area contributed by atoms with Crippen molar-refractivity contribution < 1.29 is 14.3 Å². The van der Waals surface area contributed by atoms with E-state index in [4.69, 9.17) is 10.5 Å². The number of likely N-dealkylation sites (tertiary alicyclic amines) is 1. The first-order valence-corrected chi connectivity index (χ1v) is 13.9. The van der Waals surface area contributed by atoms with Crippen LogP contribution in [0, 0.1) is 5.92 Å². The summed E-state index contributed by atoms with van der Waals surface area (Å²) < 4.78 is 5.65. The summed E-state index contributed by atoms with van der Waals surface area (Å²) >= 11 is 0. The van der Waals surface area contributed by atoms with Crippen molar-refractivity contribution in [3.05, 3.63) is 53.1 Å². The Hall–Kier alpha value is -3.72. The number of hydrogen-bond acceptors (Lipinski definition) is 8. The Morgan fingerprint density at radius 2 is 1.97 bits per heavy atom. The summed E-state index contributed by atoms with van der Waals surface area (Å²) in [5, 5.41) is 2.96. The van der Waals surface area contributed by atoms with E-state index < -0.39 is 5.91 Å². The zero-order valence-corrected chi connectivity index (χ0v) is 23.3. The third-order valence-corrected chi connectivity index (χ3v) is 7.34. The molecule has 9 heteroatoms. The number of amides is 1. The number of nitrogens with zero attached hydrogens (tertiary/aromatic N) is 4. The van der Waals surface area contributed by atoms with E-state index >= 15 is 0 Å². The smallest absolute Gasteiger partial charge is 0.320 e. The highest BCUT2D eigenvalue weighted by Gasteiger charge is 2.24. The normalized spacial score (nSPS) is 17.4. The maximum absolute atomic E-state index is 12.8.